The second-order valence-corrected chi connectivity index (χ2v) is 5.21. The summed E-state index contributed by atoms with van der Waals surface area (Å²) in [4.78, 5) is 6.77. The Kier molecular flexibility index (Phi) is 4.24. The van der Waals surface area contributed by atoms with Crippen molar-refractivity contribution in [3.63, 3.8) is 0 Å². The topological polar surface area (TPSA) is 41.6 Å². The van der Waals surface area contributed by atoms with Crippen molar-refractivity contribution in [1.29, 1.82) is 0 Å². The molecular weight excluding hydrogens is 222 g/mol. The summed E-state index contributed by atoms with van der Waals surface area (Å²) < 4.78 is 0. The summed E-state index contributed by atoms with van der Waals surface area (Å²) in [5.41, 5.74) is 7.33. The van der Waals surface area contributed by atoms with Crippen molar-refractivity contribution in [2.24, 2.45) is 16.6 Å². The molecule has 3 heteroatoms. The van der Waals surface area contributed by atoms with Gasteiger partial charge in [0, 0.05) is 12.6 Å². The van der Waals surface area contributed by atoms with Crippen molar-refractivity contribution in [3.8, 4) is 0 Å². The summed E-state index contributed by atoms with van der Waals surface area (Å²) in [6.07, 6.45) is 2.51. The molecule has 2 N–H and O–H groups in total. The first kappa shape index (κ1) is 12.9. The minimum absolute atomic E-state index is 0.498. The summed E-state index contributed by atoms with van der Waals surface area (Å²) in [6, 6.07) is 10.8. The number of hydrogen-bond acceptors (Lipinski definition) is 1. The van der Waals surface area contributed by atoms with Crippen molar-refractivity contribution < 1.29 is 0 Å². The molecule has 2 unspecified atom stereocenters. The normalized spacial score (nSPS) is 25.2. The average molecular weight is 245 g/mol. The fourth-order valence-corrected chi connectivity index (χ4v) is 2.51. The molecule has 0 aliphatic carbocycles. The van der Waals surface area contributed by atoms with E-state index in [1.165, 1.54) is 18.4 Å². The zero-order valence-electron chi connectivity index (χ0n) is 11.3. The molecule has 98 valence electrons. The maximum Gasteiger partial charge on any atom is 0.191 e. The largest absolute Gasteiger partial charge is 0.370 e. The van der Waals surface area contributed by atoms with E-state index in [2.05, 4.69) is 35.9 Å². The first-order valence-corrected chi connectivity index (χ1v) is 6.79. The smallest absolute Gasteiger partial charge is 0.191 e. The monoisotopic (exact) mass is 245 g/mol. The fourth-order valence-electron chi connectivity index (χ4n) is 2.51. The van der Waals surface area contributed by atoms with Crippen LogP contribution < -0.4 is 5.73 Å². The highest BCUT2D eigenvalue weighted by molar-refractivity contribution is 5.78. The molecule has 2 atom stereocenters. The van der Waals surface area contributed by atoms with Crippen LogP contribution in [-0.2, 0) is 6.54 Å². The van der Waals surface area contributed by atoms with Crippen LogP contribution in [0.5, 0.6) is 0 Å². The maximum absolute atomic E-state index is 6.12. The molecule has 0 saturated carbocycles. The third-order valence-electron chi connectivity index (χ3n) is 3.93. The van der Waals surface area contributed by atoms with E-state index in [4.69, 9.17) is 5.73 Å². The molecule has 1 aromatic rings. The van der Waals surface area contributed by atoms with Gasteiger partial charge in [0.25, 0.3) is 0 Å². The molecule has 0 spiro atoms. The van der Waals surface area contributed by atoms with Crippen LogP contribution in [0.2, 0.25) is 0 Å². The van der Waals surface area contributed by atoms with Gasteiger partial charge in [-0.05, 0) is 31.2 Å². The Labute approximate surface area is 110 Å². The molecule has 0 bridgehead atoms. The highest BCUT2D eigenvalue weighted by atomic mass is 15.3. The number of guanidine groups is 1. The predicted molar refractivity (Wildman–Crippen MR) is 76.3 cm³/mol. The first-order valence-electron chi connectivity index (χ1n) is 6.79. The van der Waals surface area contributed by atoms with Gasteiger partial charge in [-0.3, -0.25) is 0 Å². The third kappa shape index (κ3) is 3.03. The highest BCUT2D eigenvalue weighted by Gasteiger charge is 2.25. The zero-order chi connectivity index (χ0) is 13.0. The second-order valence-electron chi connectivity index (χ2n) is 5.21. The molecule has 1 aromatic carbocycles. The van der Waals surface area contributed by atoms with Gasteiger partial charge in [0.2, 0.25) is 0 Å². The van der Waals surface area contributed by atoms with Gasteiger partial charge < -0.3 is 10.6 Å². The number of rotatable bonds is 2. The van der Waals surface area contributed by atoms with Crippen LogP contribution >= 0.6 is 0 Å². The van der Waals surface area contributed by atoms with Crippen LogP contribution in [0.15, 0.2) is 35.3 Å². The van der Waals surface area contributed by atoms with E-state index in [1.807, 2.05) is 18.2 Å². The lowest BCUT2D eigenvalue weighted by atomic mass is 9.92. The van der Waals surface area contributed by atoms with Crippen LogP contribution in [0, 0.1) is 5.92 Å². The third-order valence-corrected chi connectivity index (χ3v) is 3.93. The number of likely N-dealkylation sites (tertiary alicyclic amines) is 1. The molecule has 0 radical (unpaired) electrons. The average Bonchev–Trinajstić information content (AvgIpc) is 2.40. The lowest BCUT2D eigenvalue weighted by molar-refractivity contribution is 0.189. The van der Waals surface area contributed by atoms with E-state index >= 15 is 0 Å². The van der Waals surface area contributed by atoms with Gasteiger partial charge in [0.15, 0.2) is 5.96 Å². The van der Waals surface area contributed by atoms with E-state index in [1.54, 1.807) is 0 Å². The van der Waals surface area contributed by atoms with Gasteiger partial charge in [0.1, 0.15) is 0 Å². The molecule has 1 heterocycles. The number of piperidine rings is 1. The summed E-state index contributed by atoms with van der Waals surface area (Å²) >= 11 is 0. The number of nitrogens with two attached hydrogens (primary N) is 1. The highest BCUT2D eigenvalue weighted by Crippen LogP contribution is 2.22. The zero-order valence-corrected chi connectivity index (χ0v) is 11.3. The van der Waals surface area contributed by atoms with Crippen LogP contribution in [0.3, 0.4) is 0 Å². The number of aliphatic imine (C=N–C) groups is 1. The Morgan fingerprint density at radius 2 is 2.06 bits per heavy atom. The molecule has 1 fully saturated rings. The van der Waals surface area contributed by atoms with Gasteiger partial charge in [-0.15, -0.1) is 0 Å². The van der Waals surface area contributed by atoms with Crippen molar-refractivity contribution >= 4 is 5.96 Å². The van der Waals surface area contributed by atoms with Crippen LogP contribution in [-0.4, -0.2) is 23.4 Å². The molecule has 3 nitrogen and oxygen atoms in total. The van der Waals surface area contributed by atoms with E-state index in [0.29, 0.717) is 24.5 Å². The van der Waals surface area contributed by atoms with Crippen molar-refractivity contribution in [2.75, 3.05) is 6.54 Å². The summed E-state index contributed by atoms with van der Waals surface area (Å²) in [5.74, 6) is 1.39. The van der Waals surface area contributed by atoms with Gasteiger partial charge >= 0.3 is 0 Å². The van der Waals surface area contributed by atoms with Crippen molar-refractivity contribution in [3.05, 3.63) is 35.9 Å². The van der Waals surface area contributed by atoms with Crippen molar-refractivity contribution in [1.82, 2.24) is 4.90 Å². The molecule has 18 heavy (non-hydrogen) atoms. The van der Waals surface area contributed by atoms with Crippen LogP contribution in [0.4, 0.5) is 0 Å². The number of nitrogens with zero attached hydrogens (tertiary/aromatic N) is 2. The van der Waals surface area contributed by atoms with E-state index < -0.39 is 0 Å². The summed E-state index contributed by atoms with van der Waals surface area (Å²) in [6.45, 7) is 6.25. The van der Waals surface area contributed by atoms with Gasteiger partial charge in [0.05, 0.1) is 6.54 Å². The minimum Gasteiger partial charge on any atom is -0.370 e. The number of hydrogen-bond donors (Lipinski definition) is 1. The van der Waals surface area contributed by atoms with E-state index in [-0.39, 0.29) is 0 Å². The number of benzene rings is 1. The molecular formula is C15H23N3. The van der Waals surface area contributed by atoms with Crippen LogP contribution in [0.1, 0.15) is 32.3 Å². The van der Waals surface area contributed by atoms with Gasteiger partial charge in [-0.25, -0.2) is 4.99 Å². The molecule has 1 aliphatic heterocycles. The molecule has 1 aliphatic rings. The second kappa shape index (κ2) is 5.89. The Morgan fingerprint density at radius 1 is 1.33 bits per heavy atom. The molecule has 0 amide bonds. The quantitative estimate of drug-likeness (QED) is 0.643. The van der Waals surface area contributed by atoms with Gasteiger partial charge in [-0.2, -0.15) is 0 Å². The molecule has 0 aromatic heterocycles. The molecule has 1 saturated heterocycles. The fraction of sp³-hybridized carbons (Fsp3) is 0.533. The lowest BCUT2D eigenvalue weighted by Crippen LogP contribution is -2.49. The minimum atomic E-state index is 0.498. The first-order chi connectivity index (χ1) is 8.68. The van der Waals surface area contributed by atoms with Crippen LogP contribution in [0.25, 0.3) is 0 Å². The van der Waals surface area contributed by atoms with E-state index in [0.717, 1.165) is 6.54 Å². The summed E-state index contributed by atoms with van der Waals surface area (Å²) in [7, 11) is 0. The standard InChI is InChI=1S/C15H23N3/c1-12-7-6-10-18(13(12)2)15(16)17-11-14-8-4-3-5-9-14/h3-5,8-9,12-13H,6-7,10-11H2,1-2H3,(H2,16,17). The van der Waals surface area contributed by atoms with Crippen molar-refractivity contribution in [2.45, 2.75) is 39.3 Å². The molecule has 2 rings (SSSR count). The Bertz CT molecular complexity index is 399. The van der Waals surface area contributed by atoms with E-state index in [9.17, 15) is 0 Å². The SMILES string of the molecule is CC1CCCN(C(N)=NCc2ccccc2)C1C. The summed E-state index contributed by atoms with van der Waals surface area (Å²) in [5, 5.41) is 0. The maximum atomic E-state index is 6.12. The Balaban J connectivity index is 1.99. The lowest BCUT2D eigenvalue weighted by Gasteiger charge is -2.38. The predicted octanol–water partition coefficient (Wildman–Crippen LogP) is 2.62. The Morgan fingerprint density at radius 3 is 2.78 bits per heavy atom. The Hall–Kier alpha value is -1.51. The van der Waals surface area contributed by atoms with Gasteiger partial charge in [-0.1, -0.05) is 37.3 Å².